The lowest BCUT2D eigenvalue weighted by Gasteiger charge is -2.19. The number of nitrogens with zero attached hydrogens (tertiary/aromatic N) is 1. The maximum Gasteiger partial charge on any atom is 0.295 e. The van der Waals surface area contributed by atoms with E-state index in [0.29, 0.717) is 29.6 Å². The molecule has 1 aromatic heterocycles. The van der Waals surface area contributed by atoms with Crippen LogP contribution >= 0.6 is 0 Å². The number of aromatic amines is 1. The number of hydrogen-bond acceptors (Lipinski definition) is 3. The average Bonchev–Trinajstić information content (AvgIpc) is 3.07. The zero-order valence-corrected chi connectivity index (χ0v) is 19.3. The van der Waals surface area contributed by atoms with Crippen molar-refractivity contribution in [1.29, 1.82) is 0 Å². The van der Waals surface area contributed by atoms with Crippen LogP contribution in [-0.4, -0.2) is 40.6 Å². The van der Waals surface area contributed by atoms with E-state index in [1.54, 1.807) is 29.3 Å². The van der Waals surface area contributed by atoms with Crippen LogP contribution in [-0.2, 0) is 11.2 Å². The summed E-state index contributed by atoms with van der Waals surface area (Å²) in [7, 11) is 0. The number of carbonyl (C=O) groups excluding carboxylic acids is 3. The molecular formula is C27H31N3O3. The third-order valence-corrected chi connectivity index (χ3v) is 6.51. The minimum atomic E-state index is -0.523. The standard InChI is InChI=1S/C27H31N3O3/c1-3-19-8-10-20(11-9-19)18(2)29-26(32)21-12-13-24-22(16-21)23(17-28-24)25(31)27(33)30-14-6-4-5-7-15-30/h8-13,16-18,28H,3-7,14-15H2,1-2H3,(H,29,32)/t18-/m1/s1. The maximum atomic E-state index is 13.0. The fourth-order valence-electron chi connectivity index (χ4n) is 4.39. The summed E-state index contributed by atoms with van der Waals surface area (Å²) in [6.07, 6.45) is 6.57. The zero-order chi connectivity index (χ0) is 23.4. The Labute approximate surface area is 194 Å². The number of nitrogens with one attached hydrogen (secondary N) is 2. The lowest BCUT2D eigenvalue weighted by molar-refractivity contribution is -0.126. The summed E-state index contributed by atoms with van der Waals surface area (Å²) in [4.78, 5) is 43.5. The highest BCUT2D eigenvalue weighted by molar-refractivity contribution is 6.44. The van der Waals surface area contributed by atoms with Gasteiger partial charge in [-0.3, -0.25) is 14.4 Å². The lowest BCUT2D eigenvalue weighted by Crippen LogP contribution is -2.37. The number of amides is 2. The summed E-state index contributed by atoms with van der Waals surface area (Å²) in [6, 6.07) is 13.2. The second-order valence-corrected chi connectivity index (χ2v) is 8.79. The Morgan fingerprint density at radius 1 is 1.00 bits per heavy atom. The van der Waals surface area contributed by atoms with E-state index >= 15 is 0 Å². The number of H-pyrrole nitrogens is 1. The van der Waals surface area contributed by atoms with Crippen molar-refractivity contribution < 1.29 is 14.4 Å². The summed E-state index contributed by atoms with van der Waals surface area (Å²) in [5.41, 5.74) is 3.78. The molecule has 0 spiro atoms. The number of aromatic nitrogens is 1. The van der Waals surface area contributed by atoms with Crippen LogP contribution < -0.4 is 5.32 Å². The first kappa shape index (κ1) is 22.8. The molecule has 6 heteroatoms. The average molecular weight is 446 g/mol. The van der Waals surface area contributed by atoms with Gasteiger partial charge in [-0.15, -0.1) is 0 Å². The summed E-state index contributed by atoms with van der Waals surface area (Å²) in [5.74, 6) is -1.20. The van der Waals surface area contributed by atoms with Gasteiger partial charge in [0.25, 0.3) is 17.6 Å². The van der Waals surface area contributed by atoms with Crippen molar-refractivity contribution >= 4 is 28.5 Å². The third kappa shape index (κ3) is 5.00. The largest absolute Gasteiger partial charge is 0.360 e. The van der Waals surface area contributed by atoms with Gasteiger partial charge in [0.15, 0.2) is 0 Å². The molecule has 1 saturated heterocycles. The SMILES string of the molecule is CCc1ccc([C@@H](C)NC(=O)c2ccc3[nH]cc(C(=O)C(=O)N4CCCCCC4)c3c2)cc1. The molecule has 0 aliphatic carbocycles. The van der Waals surface area contributed by atoms with Gasteiger partial charge in [0, 0.05) is 35.8 Å². The molecule has 2 N–H and O–H groups in total. The number of fused-ring (bicyclic) bond motifs is 1. The molecule has 3 aromatic rings. The summed E-state index contributed by atoms with van der Waals surface area (Å²) in [5, 5.41) is 3.62. The summed E-state index contributed by atoms with van der Waals surface area (Å²) >= 11 is 0. The highest BCUT2D eigenvalue weighted by Crippen LogP contribution is 2.23. The molecule has 4 rings (SSSR count). The Bertz CT molecular complexity index is 1160. The molecule has 0 unspecified atom stereocenters. The van der Waals surface area contributed by atoms with Crippen molar-refractivity contribution in [3.63, 3.8) is 0 Å². The fourth-order valence-corrected chi connectivity index (χ4v) is 4.39. The van der Waals surface area contributed by atoms with Crippen molar-refractivity contribution in [3.05, 3.63) is 70.9 Å². The first-order valence-electron chi connectivity index (χ1n) is 11.8. The van der Waals surface area contributed by atoms with E-state index in [4.69, 9.17) is 0 Å². The Balaban J connectivity index is 1.52. The topological polar surface area (TPSA) is 82.3 Å². The van der Waals surface area contributed by atoms with E-state index < -0.39 is 11.7 Å². The molecule has 2 heterocycles. The van der Waals surface area contributed by atoms with Crippen molar-refractivity contribution in [3.8, 4) is 0 Å². The Morgan fingerprint density at radius 3 is 2.36 bits per heavy atom. The maximum absolute atomic E-state index is 13.0. The second-order valence-electron chi connectivity index (χ2n) is 8.79. The molecule has 1 atom stereocenters. The molecule has 0 radical (unpaired) electrons. The first-order valence-corrected chi connectivity index (χ1v) is 11.8. The van der Waals surface area contributed by atoms with Crippen molar-refractivity contribution in [2.24, 2.45) is 0 Å². The summed E-state index contributed by atoms with van der Waals surface area (Å²) < 4.78 is 0. The fraction of sp³-hybridized carbons (Fsp3) is 0.370. The van der Waals surface area contributed by atoms with Crippen LogP contribution in [0.15, 0.2) is 48.7 Å². The van der Waals surface area contributed by atoms with Gasteiger partial charge in [-0.1, -0.05) is 44.0 Å². The van der Waals surface area contributed by atoms with Gasteiger partial charge in [-0.25, -0.2) is 0 Å². The van der Waals surface area contributed by atoms with Gasteiger partial charge in [-0.2, -0.15) is 0 Å². The minimum Gasteiger partial charge on any atom is -0.360 e. The van der Waals surface area contributed by atoms with E-state index in [0.717, 1.165) is 43.2 Å². The second kappa shape index (κ2) is 10.0. The molecule has 1 aliphatic heterocycles. The number of rotatable bonds is 6. The highest BCUT2D eigenvalue weighted by atomic mass is 16.2. The van der Waals surface area contributed by atoms with Crippen LogP contribution in [0.25, 0.3) is 10.9 Å². The molecule has 33 heavy (non-hydrogen) atoms. The van der Waals surface area contributed by atoms with Crippen LogP contribution in [0.3, 0.4) is 0 Å². The van der Waals surface area contributed by atoms with E-state index in [1.165, 1.54) is 5.56 Å². The van der Waals surface area contributed by atoms with Crippen LogP contribution in [0.1, 0.15) is 77.4 Å². The van der Waals surface area contributed by atoms with Crippen LogP contribution in [0.2, 0.25) is 0 Å². The molecule has 0 saturated carbocycles. The number of ketones is 1. The van der Waals surface area contributed by atoms with Gasteiger partial charge in [0.05, 0.1) is 11.6 Å². The van der Waals surface area contributed by atoms with Gasteiger partial charge in [-0.05, 0) is 55.5 Å². The van der Waals surface area contributed by atoms with E-state index in [2.05, 4.69) is 29.4 Å². The van der Waals surface area contributed by atoms with Crippen LogP contribution in [0.5, 0.6) is 0 Å². The van der Waals surface area contributed by atoms with Crippen LogP contribution in [0.4, 0.5) is 0 Å². The van der Waals surface area contributed by atoms with Crippen molar-refractivity contribution in [1.82, 2.24) is 15.2 Å². The highest BCUT2D eigenvalue weighted by Gasteiger charge is 2.26. The molecule has 2 amide bonds. The van der Waals surface area contributed by atoms with Crippen LogP contribution in [0, 0.1) is 0 Å². The Kier molecular flexibility index (Phi) is 6.92. The predicted molar refractivity (Wildman–Crippen MR) is 129 cm³/mol. The number of Topliss-reactive ketones (excluding diaryl/α,β-unsaturated/α-hetero) is 1. The zero-order valence-electron chi connectivity index (χ0n) is 19.3. The third-order valence-electron chi connectivity index (χ3n) is 6.51. The Morgan fingerprint density at radius 2 is 1.70 bits per heavy atom. The molecule has 172 valence electrons. The molecule has 1 aliphatic rings. The minimum absolute atomic E-state index is 0.156. The normalized spacial score (nSPS) is 15.2. The molecule has 2 aromatic carbocycles. The Hall–Kier alpha value is -3.41. The van der Waals surface area contributed by atoms with Crippen molar-refractivity contribution in [2.45, 2.75) is 52.0 Å². The quantitative estimate of drug-likeness (QED) is 0.422. The first-order chi connectivity index (χ1) is 16.0. The number of carbonyl (C=O) groups is 3. The van der Waals surface area contributed by atoms with Gasteiger partial charge in [0.2, 0.25) is 0 Å². The molecule has 1 fully saturated rings. The van der Waals surface area contributed by atoms with E-state index in [9.17, 15) is 14.4 Å². The summed E-state index contributed by atoms with van der Waals surface area (Å²) in [6.45, 7) is 5.30. The number of aryl methyl sites for hydroxylation is 1. The molecule has 0 bridgehead atoms. The van der Waals surface area contributed by atoms with Gasteiger partial charge < -0.3 is 15.2 Å². The van der Waals surface area contributed by atoms with E-state index in [-0.39, 0.29) is 11.9 Å². The smallest absolute Gasteiger partial charge is 0.295 e. The number of likely N-dealkylation sites (tertiary alicyclic amines) is 1. The van der Waals surface area contributed by atoms with Gasteiger partial charge >= 0.3 is 0 Å². The van der Waals surface area contributed by atoms with Crippen molar-refractivity contribution in [2.75, 3.05) is 13.1 Å². The molecular weight excluding hydrogens is 414 g/mol. The lowest BCUT2D eigenvalue weighted by atomic mass is 10.0. The monoisotopic (exact) mass is 445 g/mol. The van der Waals surface area contributed by atoms with Gasteiger partial charge in [0.1, 0.15) is 0 Å². The number of benzene rings is 2. The predicted octanol–water partition coefficient (Wildman–Crippen LogP) is 4.81. The molecule has 6 nitrogen and oxygen atoms in total. The number of hydrogen-bond donors (Lipinski definition) is 2. The van der Waals surface area contributed by atoms with E-state index in [1.807, 2.05) is 19.1 Å².